The summed E-state index contributed by atoms with van der Waals surface area (Å²) >= 11 is 0. The van der Waals surface area contributed by atoms with Crippen molar-refractivity contribution in [3.05, 3.63) is 41.1 Å². The molecule has 2 aromatic rings. The van der Waals surface area contributed by atoms with Crippen LogP contribution in [0.5, 0.6) is 0 Å². The summed E-state index contributed by atoms with van der Waals surface area (Å²) in [6.07, 6.45) is 1.35. The average Bonchev–Trinajstić information content (AvgIpc) is 2.99. The van der Waals surface area contributed by atoms with E-state index in [-0.39, 0.29) is 17.2 Å². The minimum absolute atomic E-state index is 0.0577. The number of Topliss-reactive ketones (excluding diaryl/α,β-unsaturated/α-hetero) is 1. The van der Waals surface area contributed by atoms with Gasteiger partial charge in [-0.1, -0.05) is 31.1 Å². The van der Waals surface area contributed by atoms with Crippen molar-refractivity contribution in [3.8, 4) is 0 Å². The lowest BCUT2D eigenvalue weighted by atomic mass is 9.73. The number of benzene rings is 1. The number of allylic oxidation sites excluding steroid dienone is 2. The summed E-state index contributed by atoms with van der Waals surface area (Å²) in [7, 11) is 4.01. The Kier molecular flexibility index (Phi) is 3.42. The largest absolute Gasteiger partial charge is 0.378 e. The number of tetrazole rings is 1. The molecular formula is C18H22N6O. The number of ketones is 1. The molecule has 1 unspecified atom stereocenters. The minimum Gasteiger partial charge on any atom is -0.378 e. The number of rotatable bonds is 2. The van der Waals surface area contributed by atoms with Gasteiger partial charge in [0, 0.05) is 37.5 Å². The van der Waals surface area contributed by atoms with Gasteiger partial charge in [0.1, 0.15) is 6.04 Å². The van der Waals surface area contributed by atoms with E-state index in [0.717, 1.165) is 28.9 Å². The topological polar surface area (TPSA) is 75.9 Å². The number of nitrogens with one attached hydrogen (secondary N) is 1. The summed E-state index contributed by atoms with van der Waals surface area (Å²) in [6.45, 7) is 4.24. The van der Waals surface area contributed by atoms with Gasteiger partial charge in [0.2, 0.25) is 5.95 Å². The summed E-state index contributed by atoms with van der Waals surface area (Å²) in [5.74, 6) is 0.757. The molecule has 130 valence electrons. The summed E-state index contributed by atoms with van der Waals surface area (Å²) in [5, 5.41) is 15.3. The highest BCUT2D eigenvalue weighted by molar-refractivity contribution is 6.00. The lowest BCUT2D eigenvalue weighted by Crippen LogP contribution is -2.36. The molecule has 0 saturated carbocycles. The van der Waals surface area contributed by atoms with Crippen LogP contribution in [0.15, 0.2) is 35.5 Å². The lowest BCUT2D eigenvalue weighted by molar-refractivity contribution is -0.118. The zero-order valence-electron chi connectivity index (χ0n) is 14.9. The van der Waals surface area contributed by atoms with Crippen LogP contribution in [0.25, 0.3) is 0 Å². The van der Waals surface area contributed by atoms with E-state index in [2.05, 4.69) is 59.0 Å². The van der Waals surface area contributed by atoms with Crippen LogP contribution in [-0.2, 0) is 4.79 Å². The standard InChI is InChI=1S/C18H22N6O/c1-18(2)9-13-15(14(25)10-18)16(24-17(19-13)20-21-22-24)11-5-7-12(8-6-11)23(3)4/h5-8,16H,9-10H2,1-4H3,(H,19,20,22). The predicted octanol–water partition coefficient (Wildman–Crippen LogP) is 2.40. The maximum absolute atomic E-state index is 12.9. The Morgan fingerprint density at radius 1 is 1.20 bits per heavy atom. The number of aromatic nitrogens is 4. The first-order chi connectivity index (χ1) is 11.9. The van der Waals surface area contributed by atoms with Gasteiger partial charge in [-0.2, -0.15) is 4.68 Å². The van der Waals surface area contributed by atoms with Crippen molar-refractivity contribution in [1.82, 2.24) is 20.2 Å². The fraction of sp³-hybridized carbons (Fsp3) is 0.444. The number of hydrogen-bond donors (Lipinski definition) is 1. The van der Waals surface area contributed by atoms with Crippen LogP contribution in [-0.4, -0.2) is 40.1 Å². The van der Waals surface area contributed by atoms with Crippen molar-refractivity contribution in [2.24, 2.45) is 5.41 Å². The molecule has 0 fully saturated rings. The molecule has 1 aromatic heterocycles. The van der Waals surface area contributed by atoms with Gasteiger partial charge in [-0.3, -0.25) is 4.79 Å². The molecule has 1 atom stereocenters. The van der Waals surface area contributed by atoms with Crippen molar-refractivity contribution in [3.63, 3.8) is 0 Å². The first-order valence-electron chi connectivity index (χ1n) is 8.44. The number of anilines is 2. The fourth-order valence-corrected chi connectivity index (χ4v) is 3.73. The first kappa shape index (κ1) is 15.8. The SMILES string of the molecule is CN(C)c1ccc(C2C3=C(CC(C)(C)CC3=O)Nc3nnnn32)cc1. The van der Waals surface area contributed by atoms with Crippen molar-refractivity contribution >= 4 is 17.4 Å². The molecule has 1 aliphatic heterocycles. The summed E-state index contributed by atoms with van der Waals surface area (Å²) in [6, 6.07) is 7.93. The molecule has 0 saturated heterocycles. The number of hydrogen-bond acceptors (Lipinski definition) is 6. The summed E-state index contributed by atoms with van der Waals surface area (Å²) in [4.78, 5) is 15.0. The van der Waals surface area contributed by atoms with E-state index in [4.69, 9.17) is 0 Å². The maximum atomic E-state index is 12.9. The molecule has 25 heavy (non-hydrogen) atoms. The third kappa shape index (κ3) is 2.59. The smallest absolute Gasteiger partial charge is 0.248 e. The monoisotopic (exact) mass is 338 g/mol. The quantitative estimate of drug-likeness (QED) is 0.906. The number of fused-ring (bicyclic) bond motifs is 1. The highest BCUT2D eigenvalue weighted by Gasteiger charge is 2.41. The number of carbonyl (C=O) groups is 1. The minimum atomic E-state index is -0.277. The zero-order chi connectivity index (χ0) is 17.8. The fourth-order valence-electron chi connectivity index (χ4n) is 3.73. The highest BCUT2D eigenvalue weighted by atomic mass is 16.1. The summed E-state index contributed by atoms with van der Waals surface area (Å²) < 4.78 is 1.71. The Bertz CT molecular complexity index is 862. The maximum Gasteiger partial charge on any atom is 0.248 e. The second-order valence-electron chi connectivity index (χ2n) is 7.79. The highest BCUT2D eigenvalue weighted by Crippen LogP contribution is 2.45. The van der Waals surface area contributed by atoms with Crippen LogP contribution in [0.2, 0.25) is 0 Å². The molecule has 2 aliphatic rings. The molecular weight excluding hydrogens is 316 g/mol. The number of nitrogens with zero attached hydrogens (tertiary/aromatic N) is 5. The number of carbonyl (C=O) groups excluding carboxylic acids is 1. The Morgan fingerprint density at radius 3 is 2.60 bits per heavy atom. The Hall–Kier alpha value is -2.70. The molecule has 7 heteroatoms. The Morgan fingerprint density at radius 2 is 1.92 bits per heavy atom. The van der Waals surface area contributed by atoms with E-state index >= 15 is 0 Å². The van der Waals surface area contributed by atoms with Crippen molar-refractivity contribution in [1.29, 1.82) is 0 Å². The molecule has 4 rings (SSSR count). The first-order valence-corrected chi connectivity index (χ1v) is 8.44. The third-order valence-corrected chi connectivity index (χ3v) is 4.92. The van der Waals surface area contributed by atoms with E-state index in [1.807, 2.05) is 19.0 Å². The van der Waals surface area contributed by atoms with Crippen LogP contribution < -0.4 is 10.2 Å². The van der Waals surface area contributed by atoms with Gasteiger partial charge < -0.3 is 10.2 Å². The van der Waals surface area contributed by atoms with Crippen LogP contribution in [0.1, 0.15) is 38.3 Å². The second kappa shape index (κ2) is 5.40. The zero-order valence-corrected chi connectivity index (χ0v) is 14.9. The van der Waals surface area contributed by atoms with Gasteiger partial charge in [-0.05, 0) is 40.0 Å². The van der Waals surface area contributed by atoms with E-state index in [9.17, 15) is 4.79 Å². The van der Waals surface area contributed by atoms with E-state index in [0.29, 0.717) is 12.4 Å². The molecule has 0 radical (unpaired) electrons. The van der Waals surface area contributed by atoms with E-state index in [1.54, 1.807) is 4.68 Å². The van der Waals surface area contributed by atoms with Gasteiger partial charge >= 0.3 is 0 Å². The molecule has 7 nitrogen and oxygen atoms in total. The average molecular weight is 338 g/mol. The van der Waals surface area contributed by atoms with Crippen molar-refractivity contribution < 1.29 is 4.79 Å². The predicted molar refractivity (Wildman–Crippen MR) is 95.4 cm³/mol. The lowest BCUT2D eigenvalue weighted by Gasteiger charge is -2.37. The van der Waals surface area contributed by atoms with Crippen LogP contribution in [0.4, 0.5) is 11.6 Å². The Balaban J connectivity index is 1.84. The molecule has 1 N–H and O–H groups in total. The van der Waals surface area contributed by atoms with Gasteiger partial charge in [-0.25, -0.2) is 0 Å². The van der Waals surface area contributed by atoms with Crippen molar-refractivity contribution in [2.75, 3.05) is 24.3 Å². The summed E-state index contributed by atoms with van der Waals surface area (Å²) in [5.41, 5.74) is 3.81. The molecule has 1 aromatic carbocycles. The molecule has 0 bridgehead atoms. The normalized spacial score (nSPS) is 21.4. The molecule has 1 aliphatic carbocycles. The van der Waals surface area contributed by atoms with Crippen LogP contribution >= 0.6 is 0 Å². The van der Waals surface area contributed by atoms with Gasteiger partial charge in [0.05, 0.1) is 0 Å². The van der Waals surface area contributed by atoms with Gasteiger partial charge in [0.15, 0.2) is 5.78 Å². The van der Waals surface area contributed by atoms with Gasteiger partial charge in [-0.15, -0.1) is 0 Å². The van der Waals surface area contributed by atoms with Crippen LogP contribution in [0, 0.1) is 5.41 Å². The van der Waals surface area contributed by atoms with Crippen molar-refractivity contribution in [2.45, 2.75) is 32.7 Å². The van der Waals surface area contributed by atoms with E-state index < -0.39 is 0 Å². The van der Waals surface area contributed by atoms with Crippen LogP contribution in [0.3, 0.4) is 0 Å². The van der Waals surface area contributed by atoms with E-state index in [1.165, 1.54) is 0 Å². The Labute approximate surface area is 146 Å². The molecule has 0 spiro atoms. The molecule has 2 heterocycles. The van der Waals surface area contributed by atoms with Gasteiger partial charge in [0.25, 0.3) is 0 Å². The second-order valence-corrected chi connectivity index (χ2v) is 7.79. The third-order valence-electron chi connectivity index (χ3n) is 4.92. The molecule has 0 amide bonds.